The van der Waals surface area contributed by atoms with Crippen LogP contribution >= 0.6 is 0 Å². The van der Waals surface area contributed by atoms with E-state index in [1.54, 1.807) is 0 Å². The van der Waals surface area contributed by atoms with Crippen LogP contribution in [0.15, 0.2) is 36.7 Å². The van der Waals surface area contributed by atoms with Crippen molar-refractivity contribution in [1.82, 2.24) is 9.55 Å². The SMILES string of the molecule is CCn1ccnc1CC(N)Cc1cccc(C)c1. The molecule has 0 amide bonds. The molecule has 0 bridgehead atoms. The zero-order valence-electron chi connectivity index (χ0n) is 11.1. The lowest BCUT2D eigenvalue weighted by Crippen LogP contribution is -2.27. The largest absolute Gasteiger partial charge is 0.335 e. The molecule has 0 aliphatic heterocycles. The van der Waals surface area contributed by atoms with Gasteiger partial charge in [0.05, 0.1) is 0 Å². The van der Waals surface area contributed by atoms with E-state index < -0.39 is 0 Å². The van der Waals surface area contributed by atoms with E-state index in [0.717, 1.165) is 25.2 Å². The Morgan fingerprint density at radius 1 is 1.33 bits per heavy atom. The fraction of sp³-hybridized carbons (Fsp3) is 0.400. The van der Waals surface area contributed by atoms with Crippen molar-refractivity contribution in [2.24, 2.45) is 5.73 Å². The molecule has 2 rings (SSSR count). The number of aryl methyl sites for hydroxylation is 2. The van der Waals surface area contributed by atoms with Crippen LogP contribution in [0.25, 0.3) is 0 Å². The summed E-state index contributed by atoms with van der Waals surface area (Å²) >= 11 is 0. The minimum Gasteiger partial charge on any atom is -0.335 e. The average Bonchev–Trinajstić information content (AvgIpc) is 2.76. The minimum absolute atomic E-state index is 0.125. The van der Waals surface area contributed by atoms with Crippen LogP contribution in [-0.2, 0) is 19.4 Å². The second-order valence-electron chi connectivity index (χ2n) is 4.79. The molecule has 0 saturated carbocycles. The Bertz CT molecular complexity index is 502. The van der Waals surface area contributed by atoms with Gasteiger partial charge in [0.1, 0.15) is 5.82 Å². The third kappa shape index (κ3) is 3.20. The van der Waals surface area contributed by atoms with Gasteiger partial charge in [-0.1, -0.05) is 29.8 Å². The fourth-order valence-electron chi connectivity index (χ4n) is 2.27. The van der Waals surface area contributed by atoms with E-state index in [0.29, 0.717) is 0 Å². The van der Waals surface area contributed by atoms with Gasteiger partial charge in [-0.25, -0.2) is 4.98 Å². The highest BCUT2D eigenvalue weighted by molar-refractivity contribution is 5.23. The highest BCUT2D eigenvalue weighted by Crippen LogP contribution is 2.09. The molecule has 1 aromatic heterocycles. The zero-order valence-corrected chi connectivity index (χ0v) is 11.1. The monoisotopic (exact) mass is 243 g/mol. The summed E-state index contributed by atoms with van der Waals surface area (Å²) in [5.41, 5.74) is 8.81. The van der Waals surface area contributed by atoms with E-state index in [2.05, 4.69) is 47.7 Å². The van der Waals surface area contributed by atoms with Crippen LogP contribution in [0, 0.1) is 6.92 Å². The van der Waals surface area contributed by atoms with E-state index in [9.17, 15) is 0 Å². The summed E-state index contributed by atoms with van der Waals surface area (Å²) in [5, 5.41) is 0. The maximum atomic E-state index is 6.22. The van der Waals surface area contributed by atoms with Gasteiger partial charge in [-0.05, 0) is 25.8 Å². The van der Waals surface area contributed by atoms with Crippen molar-refractivity contribution in [2.45, 2.75) is 39.3 Å². The van der Waals surface area contributed by atoms with E-state index in [4.69, 9.17) is 5.73 Å². The summed E-state index contributed by atoms with van der Waals surface area (Å²) in [4.78, 5) is 4.37. The Hall–Kier alpha value is -1.61. The van der Waals surface area contributed by atoms with E-state index in [1.807, 2.05) is 12.4 Å². The molecule has 18 heavy (non-hydrogen) atoms. The summed E-state index contributed by atoms with van der Waals surface area (Å²) in [6, 6.07) is 8.66. The molecule has 1 aromatic carbocycles. The number of hydrogen-bond acceptors (Lipinski definition) is 2. The van der Waals surface area contributed by atoms with E-state index in [1.165, 1.54) is 11.1 Å². The maximum absolute atomic E-state index is 6.22. The number of nitrogens with two attached hydrogens (primary N) is 1. The Morgan fingerprint density at radius 3 is 2.89 bits per heavy atom. The highest BCUT2D eigenvalue weighted by atomic mass is 15.1. The summed E-state index contributed by atoms with van der Waals surface area (Å²) in [7, 11) is 0. The van der Waals surface area contributed by atoms with Gasteiger partial charge in [0.2, 0.25) is 0 Å². The van der Waals surface area contributed by atoms with Gasteiger partial charge in [-0.3, -0.25) is 0 Å². The second-order valence-corrected chi connectivity index (χ2v) is 4.79. The van der Waals surface area contributed by atoms with Crippen molar-refractivity contribution < 1.29 is 0 Å². The smallest absolute Gasteiger partial charge is 0.110 e. The molecule has 0 saturated heterocycles. The Morgan fingerprint density at radius 2 is 2.17 bits per heavy atom. The molecule has 2 aromatic rings. The van der Waals surface area contributed by atoms with Crippen molar-refractivity contribution >= 4 is 0 Å². The first kappa shape index (κ1) is 12.8. The maximum Gasteiger partial charge on any atom is 0.110 e. The van der Waals surface area contributed by atoms with Gasteiger partial charge in [-0.2, -0.15) is 0 Å². The lowest BCUT2D eigenvalue weighted by Gasteiger charge is -2.12. The summed E-state index contributed by atoms with van der Waals surface area (Å²) in [6.45, 7) is 5.18. The molecular formula is C15H21N3. The molecule has 0 aliphatic carbocycles. The Kier molecular flexibility index (Phi) is 4.15. The normalized spacial score (nSPS) is 12.6. The van der Waals surface area contributed by atoms with Crippen molar-refractivity contribution in [3.05, 3.63) is 53.6 Å². The predicted molar refractivity (Wildman–Crippen MR) is 74.5 cm³/mol. The van der Waals surface area contributed by atoms with Crippen molar-refractivity contribution in [3.63, 3.8) is 0 Å². The summed E-state index contributed by atoms with van der Waals surface area (Å²) in [6.07, 6.45) is 5.58. The second kappa shape index (κ2) is 5.83. The molecule has 1 heterocycles. The molecule has 3 heteroatoms. The zero-order chi connectivity index (χ0) is 13.0. The van der Waals surface area contributed by atoms with Crippen LogP contribution in [0.4, 0.5) is 0 Å². The quantitative estimate of drug-likeness (QED) is 0.876. The number of benzene rings is 1. The van der Waals surface area contributed by atoms with Crippen LogP contribution in [0.2, 0.25) is 0 Å². The average molecular weight is 243 g/mol. The van der Waals surface area contributed by atoms with Crippen molar-refractivity contribution in [2.75, 3.05) is 0 Å². The molecule has 0 spiro atoms. The van der Waals surface area contributed by atoms with Gasteiger partial charge in [-0.15, -0.1) is 0 Å². The fourth-order valence-corrected chi connectivity index (χ4v) is 2.27. The first-order valence-electron chi connectivity index (χ1n) is 6.50. The topological polar surface area (TPSA) is 43.8 Å². The molecule has 96 valence electrons. The van der Waals surface area contributed by atoms with E-state index >= 15 is 0 Å². The van der Waals surface area contributed by atoms with Gasteiger partial charge in [0.15, 0.2) is 0 Å². The van der Waals surface area contributed by atoms with Gasteiger partial charge in [0, 0.05) is 31.4 Å². The predicted octanol–water partition coefficient (Wildman–Crippen LogP) is 2.32. The van der Waals surface area contributed by atoms with Crippen molar-refractivity contribution in [3.8, 4) is 0 Å². The number of nitrogens with zero attached hydrogens (tertiary/aromatic N) is 2. The third-order valence-electron chi connectivity index (χ3n) is 3.17. The van der Waals surface area contributed by atoms with Crippen LogP contribution in [0.3, 0.4) is 0 Å². The van der Waals surface area contributed by atoms with Crippen LogP contribution in [-0.4, -0.2) is 15.6 Å². The number of imidazole rings is 1. The minimum atomic E-state index is 0.125. The highest BCUT2D eigenvalue weighted by Gasteiger charge is 2.09. The van der Waals surface area contributed by atoms with Crippen LogP contribution in [0.1, 0.15) is 23.9 Å². The van der Waals surface area contributed by atoms with Gasteiger partial charge in [0.25, 0.3) is 0 Å². The number of aromatic nitrogens is 2. The van der Waals surface area contributed by atoms with E-state index in [-0.39, 0.29) is 6.04 Å². The molecule has 0 aliphatic rings. The molecule has 1 atom stereocenters. The summed E-state index contributed by atoms with van der Waals surface area (Å²) in [5.74, 6) is 1.08. The first-order chi connectivity index (χ1) is 8.69. The lowest BCUT2D eigenvalue weighted by atomic mass is 10.0. The Labute approximate surface area is 109 Å². The van der Waals surface area contributed by atoms with Crippen LogP contribution in [0.5, 0.6) is 0 Å². The molecule has 3 nitrogen and oxygen atoms in total. The lowest BCUT2D eigenvalue weighted by molar-refractivity contribution is 0.602. The van der Waals surface area contributed by atoms with Crippen LogP contribution < -0.4 is 5.73 Å². The number of rotatable bonds is 5. The molecule has 0 fully saturated rings. The van der Waals surface area contributed by atoms with Gasteiger partial charge < -0.3 is 10.3 Å². The van der Waals surface area contributed by atoms with Crippen molar-refractivity contribution in [1.29, 1.82) is 0 Å². The molecule has 2 N–H and O–H groups in total. The molecule has 1 unspecified atom stereocenters. The Balaban J connectivity index is 1.98. The molecular weight excluding hydrogens is 222 g/mol. The molecule has 0 radical (unpaired) electrons. The standard InChI is InChI=1S/C15H21N3/c1-3-18-8-7-17-15(18)11-14(16)10-13-6-4-5-12(2)9-13/h4-9,14H,3,10-11,16H2,1-2H3. The van der Waals surface area contributed by atoms with Gasteiger partial charge >= 0.3 is 0 Å². The summed E-state index contributed by atoms with van der Waals surface area (Å²) < 4.78 is 2.15. The third-order valence-corrected chi connectivity index (χ3v) is 3.17. The number of hydrogen-bond donors (Lipinski definition) is 1. The first-order valence-corrected chi connectivity index (χ1v) is 6.50.